The van der Waals surface area contributed by atoms with Gasteiger partial charge >= 0.3 is 13.9 Å². The predicted molar refractivity (Wildman–Crippen MR) is 85.4 cm³/mol. The van der Waals surface area contributed by atoms with E-state index in [2.05, 4.69) is 19.5 Å². The lowest BCUT2D eigenvalue weighted by Crippen LogP contribution is -2.58. The molecule has 1 saturated heterocycles. The maximum atomic E-state index is 11.5. The molecule has 2 heterocycles. The SMILES string of the molecule is CCOP(=O)(O)ONC(=O)Oc1cn(CC2O[C@H](OC)[C@H](O)[C@@H](O)[C@@H]2O)nn1. The Morgan fingerprint density at radius 1 is 1.36 bits per heavy atom. The van der Waals surface area contributed by atoms with Crippen LogP contribution >= 0.6 is 7.82 Å². The second-order valence-corrected chi connectivity index (χ2v) is 6.88. The van der Waals surface area contributed by atoms with Crippen LogP contribution in [0.2, 0.25) is 0 Å². The Bertz CT molecular complexity index is 701. The number of phosphoric ester groups is 1. The Balaban J connectivity index is 1.89. The van der Waals surface area contributed by atoms with Crippen LogP contribution in [0, 0.1) is 0 Å². The maximum absolute atomic E-state index is 11.5. The van der Waals surface area contributed by atoms with Gasteiger partial charge in [0, 0.05) is 7.11 Å². The lowest BCUT2D eigenvalue weighted by molar-refractivity contribution is -0.292. The molecule has 2 unspecified atom stereocenters. The number of hydroxylamine groups is 1. The minimum Gasteiger partial charge on any atom is -0.388 e. The van der Waals surface area contributed by atoms with Crippen molar-refractivity contribution in [3.05, 3.63) is 6.20 Å². The second-order valence-electron chi connectivity index (χ2n) is 5.50. The number of rotatable bonds is 8. The number of aromatic nitrogens is 3. The van der Waals surface area contributed by atoms with Gasteiger partial charge in [-0.3, -0.25) is 4.52 Å². The first-order valence-corrected chi connectivity index (χ1v) is 9.42. The Hall–Kier alpha value is -1.68. The molecule has 15 nitrogen and oxygen atoms in total. The molecule has 0 radical (unpaired) electrons. The van der Waals surface area contributed by atoms with E-state index in [1.807, 2.05) is 0 Å². The molecular formula is C12H21N4O11P. The number of phosphoric acid groups is 1. The van der Waals surface area contributed by atoms with Crippen LogP contribution in [0.15, 0.2) is 6.20 Å². The van der Waals surface area contributed by atoms with Crippen LogP contribution < -0.4 is 10.2 Å². The minimum atomic E-state index is -4.45. The number of hydrogen-bond acceptors (Lipinski definition) is 12. The van der Waals surface area contributed by atoms with E-state index in [1.54, 1.807) is 5.48 Å². The van der Waals surface area contributed by atoms with Crippen LogP contribution in [-0.4, -0.2) is 85.7 Å². The third kappa shape index (κ3) is 5.91. The van der Waals surface area contributed by atoms with Crippen LogP contribution in [0.1, 0.15) is 6.92 Å². The van der Waals surface area contributed by atoms with Crippen LogP contribution in [0.4, 0.5) is 4.79 Å². The van der Waals surface area contributed by atoms with Crippen molar-refractivity contribution in [2.75, 3.05) is 13.7 Å². The first kappa shape index (κ1) is 22.6. The van der Waals surface area contributed by atoms with Gasteiger partial charge in [0.2, 0.25) is 0 Å². The molecule has 16 heteroatoms. The highest BCUT2D eigenvalue weighted by atomic mass is 31.2. The predicted octanol–water partition coefficient (Wildman–Crippen LogP) is -2.11. The highest BCUT2D eigenvalue weighted by Gasteiger charge is 2.44. The molecule has 0 saturated carbocycles. The number of nitrogens with zero attached hydrogens (tertiary/aromatic N) is 3. The number of hydrogen-bond donors (Lipinski definition) is 5. The second kappa shape index (κ2) is 9.69. The summed E-state index contributed by atoms with van der Waals surface area (Å²) in [6, 6.07) is 0. The zero-order chi connectivity index (χ0) is 20.9. The summed E-state index contributed by atoms with van der Waals surface area (Å²) >= 11 is 0. The molecule has 5 N–H and O–H groups in total. The van der Waals surface area contributed by atoms with Gasteiger partial charge in [-0.25, -0.2) is 14.0 Å². The van der Waals surface area contributed by atoms with Crippen molar-refractivity contribution in [2.45, 2.75) is 44.2 Å². The standard InChI is InChI=1S/C12H21N4O11P/c1-3-24-28(21,22)27-14-12(20)26-7-5-16(15-13-7)4-6-8(17)9(18)10(19)11(23-2)25-6/h5-6,8-11,17-19H,3-4H2,1-2H3,(H,14,20)(H,21,22)/t6?,8-,9+,10-,11+/m1/s1. The summed E-state index contributed by atoms with van der Waals surface area (Å²) in [7, 11) is -3.19. The molecule has 0 aromatic carbocycles. The highest BCUT2D eigenvalue weighted by Crippen LogP contribution is 2.41. The fourth-order valence-corrected chi connectivity index (χ4v) is 2.83. The molecule has 0 spiro atoms. The maximum Gasteiger partial charge on any atom is 0.493 e. The van der Waals surface area contributed by atoms with Gasteiger partial charge < -0.3 is 34.4 Å². The first-order chi connectivity index (χ1) is 13.2. The Morgan fingerprint density at radius 3 is 2.71 bits per heavy atom. The van der Waals surface area contributed by atoms with Crippen molar-refractivity contribution < 1.29 is 52.9 Å². The van der Waals surface area contributed by atoms with E-state index in [0.29, 0.717) is 0 Å². The fourth-order valence-electron chi connectivity index (χ4n) is 2.26. The van der Waals surface area contributed by atoms with E-state index in [4.69, 9.17) is 19.1 Å². The van der Waals surface area contributed by atoms with E-state index in [-0.39, 0.29) is 19.0 Å². The van der Waals surface area contributed by atoms with Gasteiger partial charge in [0.1, 0.15) is 24.4 Å². The van der Waals surface area contributed by atoms with E-state index < -0.39 is 44.6 Å². The number of aliphatic hydroxyl groups excluding tert-OH is 3. The van der Waals surface area contributed by atoms with Gasteiger partial charge in [0.15, 0.2) is 6.29 Å². The van der Waals surface area contributed by atoms with Crippen molar-refractivity contribution in [2.24, 2.45) is 0 Å². The fraction of sp³-hybridized carbons (Fsp3) is 0.750. The van der Waals surface area contributed by atoms with Crippen LogP contribution in [0.5, 0.6) is 5.88 Å². The first-order valence-electron chi connectivity index (χ1n) is 7.93. The summed E-state index contributed by atoms with van der Waals surface area (Å²) in [5.41, 5.74) is 1.56. The molecule has 6 atom stereocenters. The van der Waals surface area contributed by atoms with Gasteiger partial charge in [-0.2, -0.15) is 10.1 Å². The zero-order valence-electron chi connectivity index (χ0n) is 14.8. The number of carbonyl (C=O) groups excluding carboxylic acids is 1. The van der Waals surface area contributed by atoms with Crippen LogP contribution in [-0.2, 0) is 29.7 Å². The lowest BCUT2D eigenvalue weighted by atomic mass is 9.99. The number of amides is 1. The van der Waals surface area contributed by atoms with E-state index in [1.165, 1.54) is 14.0 Å². The molecule has 0 bridgehead atoms. The van der Waals surface area contributed by atoms with Crippen molar-refractivity contribution in [3.8, 4) is 5.88 Å². The quantitative estimate of drug-likeness (QED) is 0.222. The average molecular weight is 428 g/mol. The lowest BCUT2D eigenvalue weighted by Gasteiger charge is -2.39. The number of carbonyl (C=O) groups is 1. The molecule has 28 heavy (non-hydrogen) atoms. The van der Waals surface area contributed by atoms with Gasteiger partial charge in [0.05, 0.1) is 19.3 Å². The molecule has 1 aliphatic heterocycles. The van der Waals surface area contributed by atoms with E-state index >= 15 is 0 Å². The molecule has 1 aromatic rings. The van der Waals surface area contributed by atoms with Gasteiger partial charge in [-0.15, -0.1) is 0 Å². The molecule has 1 amide bonds. The minimum absolute atomic E-state index is 0.121. The third-order valence-corrected chi connectivity index (χ3v) is 4.43. The molecule has 1 fully saturated rings. The Kier molecular flexibility index (Phi) is 7.82. The molecule has 1 aliphatic rings. The topological polar surface area (TPSA) is 204 Å². The van der Waals surface area contributed by atoms with Crippen molar-refractivity contribution in [3.63, 3.8) is 0 Å². The van der Waals surface area contributed by atoms with Crippen LogP contribution in [0.25, 0.3) is 0 Å². The summed E-state index contributed by atoms with van der Waals surface area (Å²) in [5.74, 6) is -0.306. The summed E-state index contributed by atoms with van der Waals surface area (Å²) < 4.78 is 35.8. The average Bonchev–Trinajstić information content (AvgIpc) is 3.07. The monoisotopic (exact) mass is 428 g/mol. The highest BCUT2D eigenvalue weighted by molar-refractivity contribution is 7.47. The molecule has 160 valence electrons. The number of methoxy groups -OCH3 is 1. The normalized spacial score (nSPS) is 29.9. The largest absolute Gasteiger partial charge is 0.493 e. The summed E-state index contributed by atoms with van der Waals surface area (Å²) in [6.45, 7) is 1.20. The molecule has 2 rings (SSSR count). The van der Waals surface area contributed by atoms with Crippen molar-refractivity contribution >= 4 is 13.9 Å². The van der Waals surface area contributed by atoms with Crippen LogP contribution in [0.3, 0.4) is 0 Å². The number of nitrogens with one attached hydrogen (secondary N) is 1. The van der Waals surface area contributed by atoms with E-state index in [0.717, 1.165) is 10.9 Å². The molecule has 0 aliphatic carbocycles. The smallest absolute Gasteiger partial charge is 0.388 e. The Labute approximate surface area is 158 Å². The number of aliphatic hydroxyl groups is 3. The molecular weight excluding hydrogens is 407 g/mol. The zero-order valence-corrected chi connectivity index (χ0v) is 15.7. The Morgan fingerprint density at radius 2 is 2.07 bits per heavy atom. The third-order valence-electron chi connectivity index (χ3n) is 3.52. The van der Waals surface area contributed by atoms with Gasteiger partial charge in [0.25, 0.3) is 5.88 Å². The van der Waals surface area contributed by atoms with Crippen molar-refractivity contribution in [1.82, 2.24) is 20.5 Å². The van der Waals surface area contributed by atoms with Gasteiger partial charge in [-0.1, -0.05) is 10.3 Å². The van der Waals surface area contributed by atoms with Gasteiger partial charge in [-0.05, 0) is 6.92 Å². The summed E-state index contributed by atoms with van der Waals surface area (Å²) in [5, 5.41) is 36.7. The van der Waals surface area contributed by atoms with Crippen molar-refractivity contribution in [1.29, 1.82) is 0 Å². The van der Waals surface area contributed by atoms with E-state index in [9.17, 15) is 24.7 Å². The number of ether oxygens (including phenoxy) is 3. The summed E-state index contributed by atoms with van der Waals surface area (Å²) in [6.07, 6.45) is -6.68. The molecule has 1 aromatic heterocycles. The summed E-state index contributed by atoms with van der Waals surface area (Å²) in [4.78, 5) is 20.7.